The molecule has 78 valence electrons. The monoisotopic (exact) mass is 221 g/mol. The third-order valence-electron chi connectivity index (χ3n) is 2.68. The van der Waals surface area contributed by atoms with Crippen LogP contribution >= 0.6 is 11.6 Å². The molecule has 0 aliphatic rings. The number of benzene rings is 1. The predicted molar refractivity (Wildman–Crippen MR) is 62.4 cm³/mol. The van der Waals surface area contributed by atoms with Gasteiger partial charge in [-0.1, -0.05) is 24.6 Å². The largest absolute Gasteiger partial charge is 0.350 e. The summed E-state index contributed by atoms with van der Waals surface area (Å²) in [7, 11) is 1.96. The first-order chi connectivity index (χ1) is 7.13. The van der Waals surface area contributed by atoms with Gasteiger partial charge in [-0.25, -0.2) is 0 Å². The van der Waals surface area contributed by atoms with Crippen LogP contribution in [-0.2, 0) is 11.8 Å². The molecule has 0 saturated heterocycles. The number of fused-ring (bicyclic) bond motifs is 1. The lowest BCUT2D eigenvalue weighted by Crippen LogP contribution is -1.92. The van der Waals surface area contributed by atoms with Crippen molar-refractivity contribution < 1.29 is 4.79 Å². The fraction of sp³-hybridized carbons (Fsp3) is 0.250. The van der Waals surface area contributed by atoms with Crippen molar-refractivity contribution in [3.8, 4) is 0 Å². The number of hydrogen-bond donors (Lipinski definition) is 0. The van der Waals surface area contributed by atoms with Crippen LogP contribution < -0.4 is 0 Å². The fourth-order valence-electron chi connectivity index (χ4n) is 1.82. The van der Waals surface area contributed by atoms with Crippen molar-refractivity contribution in [3.63, 3.8) is 0 Å². The second kappa shape index (κ2) is 3.70. The number of halogens is 1. The Balaban J connectivity index is 2.73. The van der Waals surface area contributed by atoms with Crippen molar-refractivity contribution in [3.05, 3.63) is 35.0 Å². The van der Waals surface area contributed by atoms with E-state index in [0.717, 1.165) is 22.8 Å². The molecule has 0 aliphatic heterocycles. The van der Waals surface area contributed by atoms with Gasteiger partial charge in [0.2, 0.25) is 0 Å². The number of nitrogens with zero attached hydrogens (tertiary/aromatic N) is 1. The normalized spacial score (nSPS) is 13.0. The zero-order chi connectivity index (χ0) is 11.0. The average molecular weight is 222 g/mol. The van der Waals surface area contributed by atoms with Gasteiger partial charge in [-0.2, -0.15) is 0 Å². The summed E-state index contributed by atoms with van der Waals surface area (Å²) < 4.78 is 2.00. The molecule has 0 aliphatic carbocycles. The minimum atomic E-state index is -0.0742. The molecule has 3 heteroatoms. The Bertz CT molecular complexity index is 516. The standard InChI is InChI=1S/C12H12ClNO/c1-8(7-15)11-6-14(2)12-5-9(13)3-4-10(11)12/h3-8H,1-2H3. The molecule has 0 N–H and O–H groups in total. The Kier molecular flexibility index (Phi) is 2.53. The number of carbonyl (C=O) groups excluding carboxylic acids is 1. The van der Waals surface area contributed by atoms with E-state index in [2.05, 4.69) is 0 Å². The van der Waals surface area contributed by atoms with Crippen LogP contribution in [-0.4, -0.2) is 10.9 Å². The van der Waals surface area contributed by atoms with Crippen LogP contribution in [0.2, 0.25) is 5.02 Å². The topological polar surface area (TPSA) is 22.0 Å². The van der Waals surface area contributed by atoms with Crippen LogP contribution in [0.15, 0.2) is 24.4 Å². The summed E-state index contributed by atoms with van der Waals surface area (Å²) in [5, 5.41) is 1.82. The zero-order valence-corrected chi connectivity index (χ0v) is 9.45. The molecule has 1 aromatic heterocycles. The highest BCUT2D eigenvalue weighted by Crippen LogP contribution is 2.28. The van der Waals surface area contributed by atoms with E-state index in [1.165, 1.54) is 0 Å². The van der Waals surface area contributed by atoms with Crippen molar-refractivity contribution in [1.29, 1.82) is 0 Å². The minimum absolute atomic E-state index is 0.0742. The Morgan fingerprint density at radius 2 is 2.20 bits per heavy atom. The molecule has 15 heavy (non-hydrogen) atoms. The first kappa shape index (κ1) is 10.2. The molecule has 0 radical (unpaired) electrons. The second-order valence-corrected chi connectivity index (χ2v) is 4.22. The summed E-state index contributed by atoms with van der Waals surface area (Å²) in [6.07, 6.45) is 2.95. The van der Waals surface area contributed by atoms with Crippen LogP contribution in [0.3, 0.4) is 0 Å². The molecule has 2 rings (SSSR count). The molecule has 1 unspecified atom stereocenters. The van der Waals surface area contributed by atoms with E-state index in [9.17, 15) is 4.79 Å². The first-order valence-electron chi connectivity index (χ1n) is 4.83. The van der Waals surface area contributed by atoms with Crippen molar-refractivity contribution in [2.24, 2.45) is 7.05 Å². The lowest BCUT2D eigenvalue weighted by atomic mass is 10.0. The maximum atomic E-state index is 10.8. The maximum absolute atomic E-state index is 10.8. The Hall–Kier alpha value is -1.28. The highest BCUT2D eigenvalue weighted by molar-refractivity contribution is 6.31. The Morgan fingerprint density at radius 3 is 2.87 bits per heavy atom. The summed E-state index contributed by atoms with van der Waals surface area (Å²) in [6, 6.07) is 5.73. The van der Waals surface area contributed by atoms with Crippen molar-refractivity contribution in [1.82, 2.24) is 4.57 Å². The van der Waals surface area contributed by atoms with Gasteiger partial charge in [0.05, 0.1) is 0 Å². The van der Waals surface area contributed by atoms with Crippen LogP contribution in [0, 0.1) is 0 Å². The highest BCUT2D eigenvalue weighted by atomic mass is 35.5. The predicted octanol–water partition coefficient (Wildman–Crippen LogP) is 3.13. The summed E-state index contributed by atoms with van der Waals surface area (Å²) in [6.45, 7) is 1.90. The highest BCUT2D eigenvalue weighted by Gasteiger charge is 2.12. The Morgan fingerprint density at radius 1 is 1.47 bits per heavy atom. The van der Waals surface area contributed by atoms with Crippen LogP contribution in [0.1, 0.15) is 18.4 Å². The van der Waals surface area contributed by atoms with Crippen LogP contribution in [0.4, 0.5) is 0 Å². The van der Waals surface area contributed by atoms with E-state index in [1.807, 2.05) is 42.9 Å². The van der Waals surface area contributed by atoms with Gasteiger partial charge in [0.1, 0.15) is 6.29 Å². The number of aldehydes is 1. The van der Waals surface area contributed by atoms with Gasteiger partial charge in [0, 0.05) is 35.1 Å². The van der Waals surface area contributed by atoms with Gasteiger partial charge >= 0.3 is 0 Å². The molecule has 0 saturated carbocycles. The molecule has 1 atom stereocenters. The molecule has 1 aromatic carbocycles. The first-order valence-corrected chi connectivity index (χ1v) is 5.21. The van der Waals surface area contributed by atoms with Crippen LogP contribution in [0.5, 0.6) is 0 Å². The van der Waals surface area contributed by atoms with Gasteiger partial charge < -0.3 is 9.36 Å². The minimum Gasteiger partial charge on any atom is -0.350 e. The molecule has 2 nitrogen and oxygen atoms in total. The van der Waals surface area contributed by atoms with Gasteiger partial charge in [-0.05, 0) is 17.7 Å². The lowest BCUT2D eigenvalue weighted by Gasteiger charge is -2.00. The lowest BCUT2D eigenvalue weighted by molar-refractivity contribution is -0.108. The quantitative estimate of drug-likeness (QED) is 0.715. The molecule has 0 fully saturated rings. The number of carbonyl (C=O) groups is 1. The summed E-state index contributed by atoms with van der Waals surface area (Å²) >= 11 is 5.93. The fourth-order valence-corrected chi connectivity index (χ4v) is 1.99. The molecular weight excluding hydrogens is 210 g/mol. The third-order valence-corrected chi connectivity index (χ3v) is 2.91. The Labute approximate surface area is 93.5 Å². The summed E-state index contributed by atoms with van der Waals surface area (Å²) in [5.74, 6) is -0.0742. The van der Waals surface area contributed by atoms with Gasteiger partial charge in [-0.15, -0.1) is 0 Å². The molecule has 0 spiro atoms. The molecule has 1 heterocycles. The second-order valence-electron chi connectivity index (χ2n) is 3.78. The number of aryl methyl sites for hydroxylation is 1. The van der Waals surface area contributed by atoms with E-state index in [0.29, 0.717) is 5.02 Å². The molecule has 2 aromatic rings. The van der Waals surface area contributed by atoms with Gasteiger partial charge in [-0.3, -0.25) is 0 Å². The molecule has 0 amide bonds. The van der Waals surface area contributed by atoms with E-state index < -0.39 is 0 Å². The summed E-state index contributed by atoms with van der Waals surface area (Å²) in [4.78, 5) is 10.8. The number of hydrogen-bond acceptors (Lipinski definition) is 1. The van der Waals surface area contributed by atoms with E-state index >= 15 is 0 Å². The SMILES string of the molecule is CC(C=O)c1cn(C)c2cc(Cl)ccc12. The molecular formula is C12H12ClNO. The van der Waals surface area contributed by atoms with E-state index in [1.54, 1.807) is 0 Å². The van der Waals surface area contributed by atoms with E-state index in [4.69, 9.17) is 11.6 Å². The zero-order valence-electron chi connectivity index (χ0n) is 8.70. The number of rotatable bonds is 2. The summed E-state index contributed by atoms with van der Waals surface area (Å²) in [5.41, 5.74) is 2.12. The van der Waals surface area contributed by atoms with Crippen molar-refractivity contribution >= 4 is 28.8 Å². The van der Waals surface area contributed by atoms with Crippen LogP contribution in [0.25, 0.3) is 10.9 Å². The van der Waals surface area contributed by atoms with Crippen molar-refractivity contribution in [2.75, 3.05) is 0 Å². The van der Waals surface area contributed by atoms with Gasteiger partial charge in [0.15, 0.2) is 0 Å². The smallest absolute Gasteiger partial charge is 0.127 e. The molecule has 0 bridgehead atoms. The third kappa shape index (κ3) is 1.65. The van der Waals surface area contributed by atoms with E-state index in [-0.39, 0.29) is 5.92 Å². The van der Waals surface area contributed by atoms with Crippen molar-refractivity contribution in [2.45, 2.75) is 12.8 Å². The van der Waals surface area contributed by atoms with Gasteiger partial charge in [0.25, 0.3) is 0 Å². The number of aromatic nitrogens is 1. The average Bonchev–Trinajstić information content (AvgIpc) is 2.55. The maximum Gasteiger partial charge on any atom is 0.127 e.